The zero-order valence-corrected chi connectivity index (χ0v) is 6.27. The normalized spacial score (nSPS) is 10.9. The molecule has 0 aliphatic heterocycles. The molecule has 54 valence electrons. The molecule has 0 aromatic carbocycles. The van der Waals surface area contributed by atoms with Gasteiger partial charge in [0.05, 0.1) is 0 Å². The van der Waals surface area contributed by atoms with E-state index in [1.165, 1.54) is 12.8 Å². The number of hydrogen-bond donors (Lipinski definition) is 1. The van der Waals surface area contributed by atoms with E-state index < -0.39 is 0 Å². The zero-order chi connectivity index (χ0) is 6.95. The van der Waals surface area contributed by atoms with Crippen LogP contribution in [0.1, 0.15) is 32.6 Å². The largest absolute Gasteiger partial charge is 0.330 e. The van der Waals surface area contributed by atoms with Crippen LogP contribution in [0.5, 0.6) is 0 Å². The summed E-state index contributed by atoms with van der Waals surface area (Å²) in [5, 5.41) is 0. The monoisotopic (exact) mass is 127 g/mol. The van der Waals surface area contributed by atoms with Gasteiger partial charge in [-0.15, -0.1) is 0 Å². The molecule has 0 bridgehead atoms. The topological polar surface area (TPSA) is 26.0 Å². The van der Waals surface area contributed by atoms with Crippen molar-refractivity contribution in [3.8, 4) is 0 Å². The molecule has 0 aliphatic rings. The molecule has 0 aromatic heterocycles. The molecule has 0 saturated carbocycles. The summed E-state index contributed by atoms with van der Waals surface area (Å²) in [7, 11) is 0. The lowest BCUT2D eigenvalue weighted by Gasteiger charge is -1.90. The first kappa shape index (κ1) is 8.70. The van der Waals surface area contributed by atoms with Gasteiger partial charge in [0.15, 0.2) is 0 Å². The van der Waals surface area contributed by atoms with Gasteiger partial charge in [-0.3, -0.25) is 0 Å². The minimum absolute atomic E-state index is 0.833. The van der Waals surface area contributed by atoms with Gasteiger partial charge in [-0.2, -0.15) is 0 Å². The highest BCUT2D eigenvalue weighted by Crippen LogP contribution is 1.94. The van der Waals surface area contributed by atoms with Gasteiger partial charge in [-0.1, -0.05) is 19.1 Å². The molecular formula is C8H17N. The molecule has 0 heterocycles. The first-order valence-electron chi connectivity index (χ1n) is 3.77. The lowest BCUT2D eigenvalue weighted by Crippen LogP contribution is -1.96. The molecular weight excluding hydrogens is 110 g/mol. The average Bonchev–Trinajstić information content (AvgIpc) is 1.89. The van der Waals surface area contributed by atoms with E-state index in [1.54, 1.807) is 0 Å². The van der Waals surface area contributed by atoms with Crippen LogP contribution >= 0.6 is 0 Å². The maximum atomic E-state index is 5.32. The minimum atomic E-state index is 0.833. The molecule has 0 spiro atoms. The second-order valence-electron chi connectivity index (χ2n) is 2.16. The van der Waals surface area contributed by atoms with E-state index >= 15 is 0 Å². The van der Waals surface area contributed by atoms with Crippen molar-refractivity contribution in [1.82, 2.24) is 0 Å². The van der Waals surface area contributed by atoms with Crippen LogP contribution in [-0.4, -0.2) is 6.54 Å². The van der Waals surface area contributed by atoms with Crippen molar-refractivity contribution >= 4 is 0 Å². The third-order valence-electron chi connectivity index (χ3n) is 1.23. The molecule has 9 heavy (non-hydrogen) atoms. The molecule has 0 amide bonds. The van der Waals surface area contributed by atoms with E-state index in [0.29, 0.717) is 0 Å². The Balaban J connectivity index is 2.82. The van der Waals surface area contributed by atoms with E-state index in [0.717, 1.165) is 19.4 Å². The standard InChI is InChI=1S/C8H17N/c1-2-3-4-5-6-7-8-9/h3-4H,2,5-9H2,1H3/b4-3-. The smallest absolute Gasteiger partial charge is 0.00772 e. The fraction of sp³-hybridized carbons (Fsp3) is 0.750. The Labute approximate surface area is 57.9 Å². The fourth-order valence-electron chi connectivity index (χ4n) is 0.691. The Morgan fingerprint density at radius 3 is 2.56 bits per heavy atom. The van der Waals surface area contributed by atoms with Crippen LogP contribution < -0.4 is 5.73 Å². The van der Waals surface area contributed by atoms with Crippen LogP contribution in [0.4, 0.5) is 0 Å². The van der Waals surface area contributed by atoms with Gasteiger partial charge >= 0.3 is 0 Å². The number of nitrogens with two attached hydrogens (primary N) is 1. The Morgan fingerprint density at radius 2 is 2.00 bits per heavy atom. The maximum Gasteiger partial charge on any atom is -0.00772 e. The van der Waals surface area contributed by atoms with Crippen molar-refractivity contribution in [1.29, 1.82) is 0 Å². The first-order chi connectivity index (χ1) is 4.41. The van der Waals surface area contributed by atoms with Gasteiger partial charge in [0.2, 0.25) is 0 Å². The lowest BCUT2D eigenvalue weighted by molar-refractivity contribution is 0.757. The predicted molar refractivity (Wildman–Crippen MR) is 42.3 cm³/mol. The number of unbranched alkanes of at least 4 members (excludes halogenated alkanes) is 2. The molecule has 0 aliphatic carbocycles. The van der Waals surface area contributed by atoms with Gasteiger partial charge in [0.1, 0.15) is 0 Å². The highest BCUT2D eigenvalue weighted by Gasteiger charge is 1.79. The molecule has 0 radical (unpaired) electrons. The first-order valence-corrected chi connectivity index (χ1v) is 3.77. The van der Waals surface area contributed by atoms with E-state index in [-0.39, 0.29) is 0 Å². The number of allylic oxidation sites excluding steroid dienone is 2. The molecule has 0 rings (SSSR count). The summed E-state index contributed by atoms with van der Waals surface area (Å²) < 4.78 is 0. The Kier molecular flexibility index (Phi) is 7.44. The van der Waals surface area contributed by atoms with Crippen LogP contribution in [0.15, 0.2) is 12.2 Å². The van der Waals surface area contributed by atoms with E-state index in [4.69, 9.17) is 5.73 Å². The van der Waals surface area contributed by atoms with Crippen LogP contribution in [0.2, 0.25) is 0 Å². The molecule has 0 atom stereocenters. The van der Waals surface area contributed by atoms with Crippen LogP contribution in [0.3, 0.4) is 0 Å². The Bertz CT molecular complexity index is 67.0. The second kappa shape index (κ2) is 7.70. The van der Waals surface area contributed by atoms with E-state index in [9.17, 15) is 0 Å². The van der Waals surface area contributed by atoms with Gasteiger partial charge in [-0.05, 0) is 32.2 Å². The molecule has 0 saturated heterocycles. The van der Waals surface area contributed by atoms with Crippen molar-refractivity contribution in [2.45, 2.75) is 32.6 Å². The third kappa shape index (κ3) is 7.70. The number of hydrogen-bond acceptors (Lipinski definition) is 1. The highest BCUT2D eigenvalue weighted by molar-refractivity contribution is 4.79. The zero-order valence-electron chi connectivity index (χ0n) is 6.27. The Morgan fingerprint density at radius 1 is 1.22 bits per heavy atom. The van der Waals surface area contributed by atoms with Crippen molar-refractivity contribution in [3.05, 3.63) is 12.2 Å². The summed E-state index contributed by atoms with van der Waals surface area (Å²) in [6.07, 6.45) is 9.20. The van der Waals surface area contributed by atoms with Crippen molar-refractivity contribution in [3.63, 3.8) is 0 Å². The molecule has 2 N–H and O–H groups in total. The molecule has 0 aromatic rings. The summed E-state index contributed by atoms with van der Waals surface area (Å²) in [4.78, 5) is 0. The van der Waals surface area contributed by atoms with Crippen LogP contribution in [0.25, 0.3) is 0 Å². The molecule has 0 unspecified atom stereocenters. The second-order valence-corrected chi connectivity index (χ2v) is 2.16. The predicted octanol–water partition coefficient (Wildman–Crippen LogP) is 2.08. The minimum Gasteiger partial charge on any atom is -0.330 e. The van der Waals surface area contributed by atoms with Crippen LogP contribution in [-0.2, 0) is 0 Å². The van der Waals surface area contributed by atoms with Crippen LogP contribution in [0, 0.1) is 0 Å². The van der Waals surface area contributed by atoms with Gasteiger partial charge in [-0.25, -0.2) is 0 Å². The van der Waals surface area contributed by atoms with E-state index in [2.05, 4.69) is 19.1 Å². The average molecular weight is 127 g/mol. The lowest BCUT2D eigenvalue weighted by atomic mass is 10.2. The molecule has 0 fully saturated rings. The quantitative estimate of drug-likeness (QED) is 0.444. The van der Waals surface area contributed by atoms with Crippen molar-refractivity contribution < 1.29 is 0 Å². The highest BCUT2D eigenvalue weighted by atomic mass is 14.5. The SMILES string of the molecule is CC/C=C\CCCCN. The summed E-state index contributed by atoms with van der Waals surface area (Å²) in [6, 6.07) is 0. The summed E-state index contributed by atoms with van der Waals surface area (Å²) in [5.74, 6) is 0. The molecule has 1 nitrogen and oxygen atoms in total. The third-order valence-corrected chi connectivity index (χ3v) is 1.23. The van der Waals surface area contributed by atoms with E-state index in [1.807, 2.05) is 0 Å². The van der Waals surface area contributed by atoms with Gasteiger partial charge in [0, 0.05) is 0 Å². The van der Waals surface area contributed by atoms with Crippen molar-refractivity contribution in [2.75, 3.05) is 6.54 Å². The summed E-state index contributed by atoms with van der Waals surface area (Å²) in [6.45, 7) is 2.99. The summed E-state index contributed by atoms with van der Waals surface area (Å²) >= 11 is 0. The van der Waals surface area contributed by atoms with Gasteiger partial charge in [0.25, 0.3) is 0 Å². The van der Waals surface area contributed by atoms with Crippen molar-refractivity contribution in [2.24, 2.45) is 5.73 Å². The fourth-order valence-corrected chi connectivity index (χ4v) is 0.691. The Hall–Kier alpha value is -0.300. The number of rotatable bonds is 5. The summed E-state index contributed by atoms with van der Waals surface area (Å²) in [5.41, 5.74) is 5.32. The molecule has 1 heteroatoms. The maximum absolute atomic E-state index is 5.32. The van der Waals surface area contributed by atoms with Gasteiger partial charge < -0.3 is 5.73 Å².